The lowest BCUT2D eigenvalue weighted by atomic mass is 10.2. The molecule has 0 radical (unpaired) electrons. The minimum absolute atomic E-state index is 0.0103. The number of aromatic nitrogens is 2. The van der Waals surface area contributed by atoms with Crippen LogP contribution in [0.5, 0.6) is 0 Å². The number of para-hydroxylation sites is 1. The molecule has 0 fully saturated rings. The average molecular weight is 415 g/mol. The summed E-state index contributed by atoms with van der Waals surface area (Å²) in [5.74, 6) is 0.292. The van der Waals surface area contributed by atoms with Crippen molar-refractivity contribution in [3.05, 3.63) is 53.9 Å². The fourth-order valence-electron chi connectivity index (χ4n) is 2.66. The highest BCUT2D eigenvalue weighted by Gasteiger charge is 2.21. The van der Waals surface area contributed by atoms with Crippen molar-refractivity contribution in [2.45, 2.75) is 34.1 Å². The van der Waals surface area contributed by atoms with E-state index in [4.69, 9.17) is 9.15 Å². The van der Waals surface area contributed by atoms with Crippen LogP contribution in [-0.2, 0) is 16.0 Å². The number of hydrogen-bond acceptors (Lipinski definition) is 7. The normalized spacial score (nSPS) is 11.1. The van der Waals surface area contributed by atoms with Gasteiger partial charge >= 0.3 is 5.97 Å². The first-order chi connectivity index (χ1) is 14.2. The van der Waals surface area contributed by atoms with Gasteiger partial charge in [-0.05, 0) is 26.0 Å². The molecule has 154 valence electrons. The Morgan fingerprint density at radius 1 is 1.21 bits per heavy atom. The molecule has 0 saturated carbocycles. The topological polar surface area (TPSA) is 85.5 Å². The van der Waals surface area contributed by atoms with Gasteiger partial charge in [-0.15, -0.1) is 0 Å². The summed E-state index contributed by atoms with van der Waals surface area (Å²) in [4.78, 5) is 21.8. The Labute approximate surface area is 175 Å². The third-order valence-corrected chi connectivity index (χ3v) is 4.70. The van der Waals surface area contributed by atoms with Crippen LogP contribution in [0.2, 0.25) is 0 Å². The summed E-state index contributed by atoms with van der Waals surface area (Å²) >= 11 is 1.21. The number of fused-ring (bicyclic) bond motifs is 1. The Kier molecular flexibility index (Phi) is 8.89. The number of thioether (sulfide) groups is 1. The molecule has 1 aromatic carbocycles. The van der Waals surface area contributed by atoms with Crippen molar-refractivity contribution in [2.75, 3.05) is 12.5 Å². The number of benzene rings is 1. The molecule has 29 heavy (non-hydrogen) atoms. The van der Waals surface area contributed by atoms with E-state index in [0.717, 1.165) is 10.9 Å². The van der Waals surface area contributed by atoms with Crippen molar-refractivity contribution >= 4 is 33.5 Å². The van der Waals surface area contributed by atoms with Crippen LogP contribution >= 0.6 is 11.8 Å². The number of carbonyl (C=O) groups is 1. The van der Waals surface area contributed by atoms with Crippen molar-refractivity contribution in [2.24, 2.45) is 0 Å². The van der Waals surface area contributed by atoms with Gasteiger partial charge in [0.1, 0.15) is 5.69 Å². The van der Waals surface area contributed by atoms with E-state index in [1.165, 1.54) is 11.8 Å². The maximum Gasteiger partial charge on any atom is 0.312 e. The average Bonchev–Trinajstić information content (AvgIpc) is 3.16. The zero-order chi connectivity index (χ0) is 21.2. The Morgan fingerprint density at radius 2 is 1.97 bits per heavy atom. The largest absolute Gasteiger partial charge is 0.466 e. The number of esters is 1. The van der Waals surface area contributed by atoms with Crippen LogP contribution < -0.4 is 0 Å². The smallest absolute Gasteiger partial charge is 0.312 e. The molecule has 0 amide bonds. The van der Waals surface area contributed by atoms with Gasteiger partial charge in [0, 0.05) is 5.39 Å². The van der Waals surface area contributed by atoms with Gasteiger partial charge in [-0.2, -0.15) is 0 Å². The molecular formula is C22H26N2O4S. The van der Waals surface area contributed by atoms with Gasteiger partial charge in [0.15, 0.2) is 5.76 Å². The minimum atomic E-state index is -0.380. The summed E-state index contributed by atoms with van der Waals surface area (Å²) in [6.07, 6.45) is 1.80. The fraction of sp³-hybridized carbons (Fsp3) is 0.318. The molecule has 2 heterocycles. The van der Waals surface area contributed by atoms with E-state index in [9.17, 15) is 9.90 Å². The molecule has 3 rings (SSSR count). The molecule has 1 N–H and O–H groups in total. The van der Waals surface area contributed by atoms with Crippen LogP contribution in [0.1, 0.15) is 39.1 Å². The quantitative estimate of drug-likeness (QED) is 0.427. The first-order valence-corrected chi connectivity index (χ1v) is 10.6. The molecular weight excluding hydrogens is 388 g/mol. The van der Waals surface area contributed by atoms with E-state index in [1.807, 2.05) is 63.2 Å². The zero-order valence-corrected chi connectivity index (χ0v) is 18.0. The monoisotopic (exact) mass is 414 g/mol. The number of hydrogen-bond donors (Lipinski definition) is 1. The Morgan fingerprint density at radius 3 is 2.66 bits per heavy atom. The van der Waals surface area contributed by atoms with Crippen LogP contribution in [0.15, 0.2) is 46.9 Å². The van der Waals surface area contributed by atoms with Crippen LogP contribution in [0.3, 0.4) is 0 Å². The highest BCUT2D eigenvalue weighted by molar-refractivity contribution is 8.08. The van der Waals surface area contributed by atoms with Gasteiger partial charge in [0.2, 0.25) is 5.89 Å². The van der Waals surface area contributed by atoms with Gasteiger partial charge < -0.3 is 14.3 Å². The second-order valence-corrected chi connectivity index (χ2v) is 6.58. The van der Waals surface area contributed by atoms with E-state index in [0.29, 0.717) is 34.6 Å². The van der Waals surface area contributed by atoms with Gasteiger partial charge in [0.25, 0.3) is 0 Å². The summed E-state index contributed by atoms with van der Waals surface area (Å²) in [7, 11) is 0. The second-order valence-electron chi connectivity index (χ2n) is 5.59. The number of pyridine rings is 1. The molecule has 0 spiro atoms. The van der Waals surface area contributed by atoms with Crippen molar-refractivity contribution in [1.29, 1.82) is 0 Å². The lowest BCUT2D eigenvalue weighted by molar-refractivity contribution is -0.142. The van der Waals surface area contributed by atoms with Crippen molar-refractivity contribution < 1.29 is 19.1 Å². The van der Waals surface area contributed by atoms with Gasteiger partial charge in [0.05, 0.1) is 35.1 Å². The molecule has 0 aliphatic carbocycles. The number of carbonyl (C=O) groups excluding carboxylic acids is 1. The standard InChI is InChI=1S/C20H20N2O4S.C2H6/c1-3-17(27-12-23)19-16(11-18(24)25-4-2)22-20(26-19)15-10-9-13-7-5-6-8-14(13)21-15;1-2/h3,5-10,23H,4,11-12H2,1-2H3;1-2H3/b17-3-;. The predicted molar refractivity (Wildman–Crippen MR) is 117 cm³/mol. The van der Waals surface area contributed by atoms with Crippen LogP contribution in [0.25, 0.3) is 27.4 Å². The highest BCUT2D eigenvalue weighted by Crippen LogP contribution is 2.33. The number of aliphatic hydroxyl groups excluding tert-OH is 1. The molecule has 0 unspecified atom stereocenters. The Hall–Kier alpha value is -2.64. The first kappa shape index (κ1) is 22.6. The van der Waals surface area contributed by atoms with Crippen LogP contribution in [0.4, 0.5) is 0 Å². The number of aliphatic hydroxyl groups is 1. The Bertz CT molecular complexity index is 982. The minimum Gasteiger partial charge on any atom is -0.466 e. The van der Waals surface area contributed by atoms with E-state index < -0.39 is 0 Å². The van der Waals surface area contributed by atoms with E-state index in [-0.39, 0.29) is 18.3 Å². The first-order valence-electron chi connectivity index (χ1n) is 9.58. The molecule has 7 heteroatoms. The van der Waals surface area contributed by atoms with E-state index >= 15 is 0 Å². The highest BCUT2D eigenvalue weighted by atomic mass is 32.2. The molecule has 6 nitrogen and oxygen atoms in total. The maximum atomic E-state index is 12.0. The molecule has 3 aromatic rings. The number of nitrogens with zero attached hydrogens (tertiary/aromatic N) is 2. The summed E-state index contributed by atoms with van der Waals surface area (Å²) < 4.78 is 11.0. The van der Waals surface area contributed by atoms with E-state index in [1.54, 1.807) is 6.92 Å². The predicted octanol–water partition coefficient (Wildman–Crippen LogP) is 5.07. The van der Waals surface area contributed by atoms with Gasteiger partial charge in [-0.1, -0.05) is 56.0 Å². The zero-order valence-electron chi connectivity index (χ0n) is 17.1. The fourth-order valence-corrected chi connectivity index (χ4v) is 3.25. The third-order valence-electron chi connectivity index (χ3n) is 3.84. The second kappa shape index (κ2) is 11.4. The SMILES string of the molecule is C/C=C(\SCO)c1oc(-c2ccc3ccccc3n2)nc1CC(=O)OCC.CC. The number of ether oxygens (including phenoxy) is 1. The number of rotatable bonds is 7. The molecule has 0 aliphatic heterocycles. The molecule has 0 atom stereocenters. The van der Waals surface area contributed by atoms with Crippen molar-refractivity contribution in [1.82, 2.24) is 9.97 Å². The molecule has 2 aromatic heterocycles. The maximum absolute atomic E-state index is 12.0. The number of oxazole rings is 1. The summed E-state index contributed by atoms with van der Waals surface area (Å²) in [5.41, 5.74) is 1.87. The van der Waals surface area contributed by atoms with Crippen molar-refractivity contribution in [3.8, 4) is 11.6 Å². The lowest BCUT2D eigenvalue weighted by Crippen LogP contribution is -2.09. The third kappa shape index (κ3) is 5.68. The van der Waals surface area contributed by atoms with Gasteiger partial charge in [-0.3, -0.25) is 4.79 Å². The van der Waals surface area contributed by atoms with Crippen molar-refractivity contribution in [3.63, 3.8) is 0 Å². The summed E-state index contributed by atoms with van der Waals surface area (Å²) in [5, 5.41) is 10.3. The molecule has 0 saturated heterocycles. The molecule has 0 bridgehead atoms. The molecule has 0 aliphatic rings. The van der Waals surface area contributed by atoms with Crippen LogP contribution in [-0.4, -0.2) is 33.6 Å². The Balaban J connectivity index is 0.00000145. The van der Waals surface area contributed by atoms with Gasteiger partial charge in [-0.25, -0.2) is 9.97 Å². The number of allylic oxidation sites excluding steroid dienone is 1. The summed E-state index contributed by atoms with van der Waals surface area (Å²) in [6, 6.07) is 11.6. The van der Waals surface area contributed by atoms with E-state index in [2.05, 4.69) is 9.97 Å². The van der Waals surface area contributed by atoms with Crippen LogP contribution in [0, 0.1) is 0 Å². The summed E-state index contributed by atoms with van der Waals surface area (Å²) in [6.45, 7) is 7.89. The lowest BCUT2D eigenvalue weighted by Gasteiger charge is -2.04.